The third kappa shape index (κ3) is 1.82. The van der Waals surface area contributed by atoms with E-state index in [1.165, 1.54) is 5.56 Å². The topological polar surface area (TPSA) is 38.7 Å². The van der Waals surface area contributed by atoms with Gasteiger partial charge in [-0.1, -0.05) is 26.0 Å². The monoisotopic (exact) mass is 237 g/mol. The van der Waals surface area contributed by atoms with Crippen LogP contribution in [0.15, 0.2) is 30.9 Å². The molecule has 0 aromatic carbocycles. The number of fused-ring (bicyclic) bond motifs is 1. The molecule has 18 heavy (non-hydrogen) atoms. The van der Waals surface area contributed by atoms with Gasteiger partial charge < -0.3 is 0 Å². The van der Waals surface area contributed by atoms with Crippen molar-refractivity contribution in [2.75, 3.05) is 0 Å². The minimum absolute atomic E-state index is 0.381. The number of pyridine rings is 1. The van der Waals surface area contributed by atoms with E-state index in [-0.39, 0.29) is 0 Å². The molecule has 2 heterocycles. The van der Waals surface area contributed by atoms with E-state index in [4.69, 9.17) is 0 Å². The molecule has 3 heteroatoms. The summed E-state index contributed by atoms with van der Waals surface area (Å²) < 4.78 is 0. The molecule has 0 radical (unpaired) electrons. The van der Waals surface area contributed by atoms with Gasteiger partial charge in [-0.3, -0.25) is 4.98 Å². The van der Waals surface area contributed by atoms with Gasteiger partial charge in [-0.2, -0.15) is 0 Å². The van der Waals surface area contributed by atoms with Gasteiger partial charge in [0.15, 0.2) is 0 Å². The number of rotatable bonds is 2. The first kappa shape index (κ1) is 11.1. The molecule has 1 aliphatic carbocycles. The Morgan fingerprint density at radius 2 is 2.06 bits per heavy atom. The third-order valence-corrected chi connectivity index (χ3v) is 3.21. The highest BCUT2D eigenvalue weighted by molar-refractivity contribution is 5.70. The van der Waals surface area contributed by atoms with Crippen LogP contribution in [0.1, 0.15) is 36.7 Å². The molecule has 1 aliphatic rings. The highest BCUT2D eigenvalue weighted by Gasteiger charge is 2.13. The molecule has 0 unspecified atom stereocenters. The molecule has 0 aliphatic heterocycles. The van der Waals surface area contributed by atoms with Gasteiger partial charge in [-0.05, 0) is 17.5 Å². The lowest BCUT2D eigenvalue weighted by molar-refractivity contribution is 0.817. The Kier molecular flexibility index (Phi) is 2.67. The molecule has 3 rings (SSSR count). The van der Waals surface area contributed by atoms with Crippen LogP contribution >= 0.6 is 0 Å². The molecule has 0 spiro atoms. The number of nitrogens with zero attached hydrogens (tertiary/aromatic N) is 3. The maximum absolute atomic E-state index is 4.52. The van der Waals surface area contributed by atoms with Crippen molar-refractivity contribution in [1.82, 2.24) is 15.0 Å². The zero-order chi connectivity index (χ0) is 12.5. The van der Waals surface area contributed by atoms with Gasteiger partial charge in [0.2, 0.25) is 0 Å². The SMILES string of the molecule is CC(C)c1ncncc1-c1cnc2c(c1)C=CC2. The maximum Gasteiger partial charge on any atom is 0.115 e. The molecule has 0 amide bonds. The van der Waals surface area contributed by atoms with Crippen LogP contribution in [-0.2, 0) is 6.42 Å². The fourth-order valence-corrected chi connectivity index (χ4v) is 2.29. The Morgan fingerprint density at radius 3 is 2.89 bits per heavy atom. The van der Waals surface area contributed by atoms with E-state index in [2.05, 4.69) is 47.0 Å². The van der Waals surface area contributed by atoms with Crippen molar-refractivity contribution in [3.63, 3.8) is 0 Å². The molecule has 0 bridgehead atoms. The van der Waals surface area contributed by atoms with Crippen LogP contribution < -0.4 is 0 Å². The van der Waals surface area contributed by atoms with Crippen LogP contribution in [0.2, 0.25) is 0 Å². The smallest absolute Gasteiger partial charge is 0.115 e. The zero-order valence-corrected chi connectivity index (χ0v) is 10.6. The average Bonchev–Trinajstić information content (AvgIpc) is 2.85. The molecule has 0 fully saturated rings. The normalized spacial score (nSPS) is 13.1. The highest BCUT2D eigenvalue weighted by atomic mass is 14.8. The second-order valence-corrected chi connectivity index (χ2v) is 4.84. The zero-order valence-electron chi connectivity index (χ0n) is 10.6. The summed E-state index contributed by atoms with van der Waals surface area (Å²) in [5.41, 5.74) is 5.63. The predicted molar refractivity (Wildman–Crippen MR) is 72.1 cm³/mol. The van der Waals surface area contributed by atoms with Crippen LogP contribution in [-0.4, -0.2) is 15.0 Å². The minimum Gasteiger partial charge on any atom is -0.260 e. The van der Waals surface area contributed by atoms with Crippen molar-refractivity contribution >= 4 is 6.08 Å². The summed E-state index contributed by atoms with van der Waals surface area (Å²) in [7, 11) is 0. The lowest BCUT2D eigenvalue weighted by Crippen LogP contribution is -1.98. The maximum atomic E-state index is 4.52. The molecule has 2 aromatic rings. The first-order valence-electron chi connectivity index (χ1n) is 6.21. The van der Waals surface area contributed by atoms with Crippen molar-refractivity contribution in [1.29, 1.82) is 0 Å². The molecule has 0 atom stereocenters. The summed E-state index contributed by atoms with van der Waals surface area (Å²) in [5.74, 6) is 0.381. The van der Waals surface area contributed by atoms with Gasteiger partial charge in [-0.15, -0.1) is 0 Å². The van der Waals surface area contributed by atoms with E-state index in [0.717, 1.165) is 28.9 Å². The van der Waals surface area contributed by atoms with Crippen molar-refractivity contribution in [2.24, 2.45) is 0 Å². The van der Waals surface area contributed by atoms with Gasteiger partial charge in [0.25, 0.3) is 0 Å². The Balaban J connectivity index is 2.13. The number of allylic oxidation sites excluding steroid dienone is 1. The van der Waals surface area contributed by atoms with E-state index in [1.807, 2.05) is 12.4 Å². The average molecular weight is 237 g/mol. The summed E-state index contributed by atoms with van der Waals surface area (Å²) in [5, 5.41) is 0. The Bertz CT molecular complexity index is 615. The lowest BCUT2D eigenvalue weighted by Gasteiger charge is -2.11. The van der Waals surface area contributed by atoms with E-state index < -0.39 is 0 Å². The molecule has 90 valence electrons. The quantitative estimate of drug-likeness (QED) is 0.805. The van der Waals surface area contributed by atoms with Crippen molar-refractivity contribution < 1.29 is 0 Å². The van der Waals surface area contributed by atoms with Crippen molar-refractivity contribution in [3.05, 3.63) is 47.8 Å². The molecule has 0 saturated heterocycles. The van der Waals surface area contributed by atoms with Gasteiger partial charge in [0.1, 0.15) is 6.33 Å². The van der Waals surface area contributed by atoms with Gasteiger partial charge >= 0.3 is 0 Å². The summed E-state index contributed by atoms with van der Waals surface area (Å²) in [6.07, 6.45) is 10.6. The van der Waals surface area contributed by atoms with Gasteiger partial charge in [0, 0.05) is 29.9 Å². The third-order valence-electron chi connectivity index (χ3n) is 3.21. The fraction of sp³-hybridized carbons (Fsp3) is 0.267. The van der Waals surface area contributed by atoms with Crippen LogP contribution in [0.4, 0.5) is 0 Å². The van der Waals surface area contributed by atoms with E-state index in [0.29, 0.717) is 5.92 Å². The molecular weight excluding hydrogens is 222 g/mol. The Morgan fingerprint density at radius 1 is 1.17 bits per heavy atom. The van der Waals surface area contributed by atoms with Gasteiger partial charge in [0.05, 0.1) is 11.4 Å². The van der Waals surface area contributed by atoms with Crippen LogP contribution in [0.25, 0.3) is 17.2 Å². The molecule has 2 aromatic heterocycles. The highest BCUT2D eigenvalue weighted by Crippen LogP contribution is 2.29. The van der Waals surface area contributed by atoms with Crippen LogP contribution in [0.3, 0.4) is 0 Å². The van der Waals surface area contributed by atoms with Crippen LogP contribution in [0, 0.1) is 0 Å². The van der Waals surface area contributed by atoms with E-state index in [1.54, 1.807) is 6.33 Å². The molecule has 0 saturated carbocycles. The molecule has 3 nitrogen and oxygen atoms in total. The molecular formula is C15H15N3. The number of hydrogen-bond acceptors (Lipinski definition) is 3. The summed E-state index contributed by atoms with van der Waals surface area (Å²) >= 11 is 0. The Hall–Kier alpha value is -2.03. The Labute approximate surface area is 107 Å². The van der Waals surface area contributed by atoms with E-state index in [9.17, 15) is 0 Å². The first-order valence-corrected chi connectivity index (χ1v) is 6.21. The predicted octanol–water partition coefficient (Wildman–Crippen LogP) is 3.23. The number of aromatic nitrogens is 3. The lowest BCUT2D eigenvalue weighted by atomic mass is 9.99. The fourth-order valence-electron chi connectivity index (χ4n) is 2.29. The van der Waals surface area contributed by atoms with Crippen molar-refractivity contribution in [3.8, 4) is 11.1 Å². The first-order chi connectivity index (χ1) is 8.75. The van der Waals surface area contributed by atoms with E-state index >= 15 is 0 Å². The second-order valence-electron chi connectivity index (χ2n) is 4.84. The van der Waals surface area contributed by atoms with Crippen LogP contribution in [0.5, 0.6) is 0 Å². The summed E-state index contributed by atoms with van der Waals surface area (Å²) in [6.45, 7) is 4.29. The number of hydrogen-bond donors (Lipinski definition) is 0. The van der Waals surface area contributed by atoms with Gasteiger partial charge in [-0.25, -0.2) is 9.97 Å². The molecule has 0 N–H and O–H groups in total. The summed E-state index contributed by atoms with van der Waals surface area (Å²) in [4.78, 5) is 13.0. The summed E-state index contributed by atoms with van der Waals surface area (Å²) in [6, 6.07) is 2.18. The standard InChI is InChI=1S/C15H15N3/c1-10(2)15-13(8-16-9-18-15)12-6-11-4-3-5-14(11)17-7-12/h3-4,6-10H,5H2,1-2H3. The van der Waals surface area contributed by atoms with Crippen molar-refractivity contribution in [2.45, 2.75) is 26.2 Å². The minimum atomic E-state index is 0.381. The largest absolute Gasteiger partial charge is 0.260 e. The second kappa shape index (κ2) is 4.33.